The summed E-state index contributed by atoms with van der Waals surface area (Å²) in [6.07, 6.45) is 2.42. The second-order valence-corrected chi connectivity index (χ2v) is 9.18. The summed E-state index contributed by atoms with van der Waals surface area (Å²) in [5.74, 6) is -1.04. The highest BCUT2D eigenvalue weighted by Crippen LogP contribution is 2.43. The van der Waals surface area contributed by atoms with E-state index >= 15 is 0 Å². The number of nitrogens with one attached hydrogen (secondary N) is 2. The number of nitriles is 1. The minimum atomic E-state index is -0.789. The highest BCUT2D eigenvalue weighted by atomic mass is 32.2. The Balaban J connectivity index is 1.68. The summed E-state index contributed by atoms with van der Waals surface area (Å²) < 4.78 is 11.1. The van der Waals surface area contributed by atoms with Gasteiger partial charge in [0.05, 0.1) is 52.5 Å². The van der Waals surface area contributed by atoms with Gasteiger partial charge < -0.3 is 19.8 Å². The molecule has 2 N–H and O–H groups in total. The SMILES string of the molecule is CCOC(=O)C1=C(c2ccccc2)NC(SCC(=O)Nc2ccc(CC)cc2)=C(C#N)[C@@H]1c1ccco1. The molecule has 1 amide bonds. The predicted molar refractivity (Wildman–Crippen MR) is 144 cm³/mol. The van der Waals surface area contributed by atoms with Crippen molar-refractivity contribution in [1.82, 2.24) is 5.32 Å². The fraction of sp³-hybridized carbons (Fsp3) is 0.207. The van der Waals surface area contributed by atoms with E-state index in [1.165, 1.54) is 23.6 Å². The van der Waals surface area contributed by atoms with Gasteiger partial charge in [0, 0.05) is 5.69 Å². The number of esters is 1. The summed E-state index contributed by atoms with van der Waals surface area (Å²) >= 11 is 1.20. The fourth-order valence-corrected chi connectivity index (χ4v) is 4.90. The molecule has 0 unspecified atom stereocenters. The van der Waals surface area contributed by atoms with Crippen LogP contribution in [0.3, 0.4) is 0 Å². The van der Waals surface area contributed by atoms with Crippen LogP contribution in [0.2, 0.25) is 0 Å². The highest BCUT2D eigenvalue weighted by Gasteiger charge is 2.38. The predicted octanol–water partition coefficient (Wildman–Crippen LogP) is 5.61. The molecule has 0 radical (unpaired) electrons. The number of dihydropyridines is 1. The lowest BCUT2D eigenvalue weighted by atomic mass is 9.84. The first-order valence-corrected chi connectivity index (χ1v) is 13.0. The number of amides is 1. The molecule has 0 spiro atoms. The summed E-state index contributed by atoms with van der Waals surface area (Å²) in [4.78, 5) is 26.0. The van der Waals surface area contributed by atoms with Crippen molar-refractivity contribution in [2.24, 2.45) is 0 Å². The molecule has 0 bridgehead atoms. The van der Waals surface area contributed by atoms with E-state index in [-0.39, 0.29) is 29.4 Å². The second-order valence-electron chi connectivity index (χ2n) is 8.19. The molecule has 1 aliphatic rings. The first-order chi connectivity index (χ1) is 18.0. The number of hydrogen-bond donors (Lipinski definition) is 2. The summed E-state index contributed by atoms with van der Waals surface area (Å²) in [6, 6.07) is 22.7. The van der Waals surface area contributed by atoms with Gasteiger partial charge in [-0.05, 0) is 48.7 Å². The van der Waals surface area contributed by atoms with Gasteiger partial charge in [0.25, 0.3) is 0 Å². The van der Waals surface area contributed by atoms with Crippen LogP contribution >= 0.6 is 11.8 Å². The molecule has 37 heavy (non-hydrogen) atoms. The van der Waals surface area contributed by atoms with Gasteiger partial charge >= 0.3 is 5.97 Å². The van der Waals surface area contributed by atoms with E-state index in [4.69, 9.17) is 9.15 Å². The zero-order valence-electron chi connectivity index (χ0n) is 20.6. The molecule has 188 valence electrons. The topological polar surface area (TPSA) is 104 Å². The van der Waals surface area contributed by atoms with E-state index in [1.54, 1.807) is 19.1 Å². The Hall–Kier alpha value is -4.22. The third-order valence-electron chi connectivity index (χ3n) is 5.83. The normalized spacial score (nSPS) is 15.1. The molecule has 2 aromatic carbocycles. The van der Waals surface area contributed by atoms with E-state index in [2.05, 4.69) is 23.6 Å². The highest BCUT2D eigenvalue weighted by molar-refractivity contribution is 8.03. The molecule has 1 aromatic heterocycles. The van der Waals surface area contributed by atoms with Crippen LogP contribution in [0.25, 0.3) is 5.70 Å². The lowest BCUT2D eigenvalue weighted by Gasteiger charge is -2.29. The Kier molecular flexibility index (Phi) is 8.49. The van der Waals surface area contributed by atoms with Crippen LogP contribution in [0.1, 0.15) is 36.7 Å². The number of aryl methyl sites for hydroxylation is 1. The summed E-state index contributed by atoms with van der Waals surface area (Å²) in [5, 5.41) is 16.8. The van der Waals surface area contributed by atoms with Gasteiger partial charge in [-0.2, -0.15) is 5.26 Å². The van der Waals surface area contributed by atoms with Crippen LogP contribution in [0.4, 0.5) is 5.69 Å². The zero-order valence-corrected chi connectivity index (χ0v) is 21.4. The van der Waals surface area contributed by atoms with Crippen molar-refractivity contribution < 1.29 is 18.7 Å². The van der Waals surface area contributed by atoms with Crippen LogP contribution in [0.15, 0.2) is 93.6 Å². The summed E-state index contributed by atoms with van der Waals surface area (Å²) in [6.45, 7) is 3.99. The van der Waals surface area contributed by atoms with E-state index in [0.29, 0.717) is 22.2 Å². The van der Waals surface area contributed by atoms with Crippen molar-refractivity contribution in [3.8, 4) is 6.07 Å². The maximum atomic E-state index is 13.2. The van der Waals surface area contributed by atoms with Gasteiger partial charge in [0.1, 0.15) is 5.76 Å². The maximum Gasteiger partial charge on any atom is 0.337 e. The first kappa shape index (κ1) is 25.9. The van der Waals surface area contributed by atoms with Crippen molar-refractivity contribution in [1.29, 1.82) is 5.26 Å². The average molecular weight is 514 g/mol. The number of rotatable bonds is 9. The van der Waals surface area contributed by atoms with Crippen LogP contribution in [-0.2, 0) is 20.7 Å². The van der Waals surface area contributed by atoms with Crippen molar-refractivity contribution >= 4 is 35.0 Å². The van der Waals surface area contributed by atoms with Crippen LogP contribution in [-0.4, -0.2) is 24.2 Å². The summed E-state index contributed by atoms with van der Waals surface area (Å²) in [5.41, 5.74) is 3.71. The number of carbonyl (C=O) groups is 2. The van der Waals surface area contributed by atoms with Crippen molar-refractivity contribution in [2.75, 3.05) is 17.7 Å². The largest absolute Gasteiger partial charge is 0.468 e. The molecule has 4 rings (SSSR count). The zero-order chi connectivity index (χ0) is 26.2. The molecule has 0 saturated carbocycles. The number of benzene rings is 2. The number of ether oxygens (including phenoxy) is 1. The fourth-order valence-electron chi connectivity index (χ4n) is 4.06. The molecule has 2 heterocycles. The number of anilines is 1. The third kappa shape index (κ3) is 5.96. The number of carbonyl (C=O) groups excluding carboxylic acids is 2. The molecule has 1 atom stereocenters. The first-order valence-electron chi connectivity index (χ1n) is 12.0. The van der Waals surface area contributed by atoms with E-state index in [1.807, 2.05) is 54.6 Å². The smallest absolute Gasteiger partial charge is 0.337 e. The molecular weight excluding hydrogens is 486 g/mol. The van der Waals surface area contributed by atoms with E-state index in [9.17, 15) is 14.9 Å². The lowest BCUT2D eigenvalue weighted by Crippen LogP contribution is -2.29. The Morgan fingerprint density at radius 2 is 1.84 bits per heavy atom. The van der Waals surface area contributed by atoms with Gasteiger partial charge in [-0.15, -0.1) is 0 Å². The minimum Gasteiger partial charge on any atom is -0.468 e. The Morgan fingerprint density at radius 1 is 1.08 bits per heavy atom. The van der Waals surface area contributed by atoms with Gasteiger partial charge in [-0.25, -0.2) is 4.79 Å². The Bertz CT molecular complexity index is 1350. The Labute approximate surface area is 220 Å². The monoisotopic (exact) mass is 513 g/mol. The molecule has 0 aliphatic carbocycles. The minimum absolute atomic E-state index is 0.0602. The van der Waals surface area contributed by atoms with Crippen LogP contribution < -0.4 is 10.6 Å². The molecule has 0 fully saturated rings. The number of hydrogen-bond acceptors (Lipinski definition) is 7. The van der Waals surface area contributed by atoms with Crippen molar-refractivity contribution in [3.05, 3.63) is 106 Å². The molecule has 1 aliphatic heterocycles. The molecule has 7 nitrogen and oxygen atoms in total. The molecular formula is C29H27N3O4S. The van der Waals surface area contributed by atoms with E-state index in [0.717, 1.165) is 12.0 Å². The van der Waals surface area contributed by atoms with Gasteiger partial charge in [-0.3, -0.25) is 4.79 Å². The number of allylic oxidation sites excluding steroid dienone is 1. The lowest BCUT2D eigenvalue weighted by molar-refractivity contribution is -0.138. The van der Waals surface area contributed by atoms with Crippen LogP contribution in [0, 0.1) is 11.3 Å². The number of furan rings is 1. The quantitative estimate of drug-likeness (QED) is 0.358. The molecule has 8 heteroatoms. The third-order valence-corrected chi connectivity index (χ3v) is 6.85. The van der Waals surface area contributed by atoms with Gasteiger partial charge in [0.2, 0.25) is 5.91 Å². The van der Waals surface area contributed by atoms with E-state index < -0.39 is 11.9 Å². The van der Waals surface area contributed by atoms with Crippen LogP contribution in [0.5, 0.6) is 0 Å². The van der Waals surface area contributed by atoms with Crippen molar-refractivity contribution in [3.63, 3.8) is 0 Å². The maximum absolute atomic E-state index is 13.2. The van der Waals surface area contributed by atoms with Gasteiger partial charge in [-0.1, -0.05) is 61.2 Å². The molecule has 3 aromatic rings. The van der Waals surface area contributed by atoms with Gasteiger partial charge in [0.15, 0.2) is 0 Å². The Morgan fingerprint density at radius 3 is 2.46 bits per heavy atom. The summed E-state index contributed by atoms with van der Waals surface area (Å²) in [7, 11) is 0. The number of nitrogens with zero attached hydrogens (tertiary/aromatic N) is 1. The second kappa shape index (κ2) is 12.2. The number of thioether (sulfide) groups is 1. The molecule has 0 saturated heterocycles. The van der Waals surface area contributed by atoms with Crippen molar-refractivity contribution in [2.45, 2.75) is 26.2 Å². The standard InChI is InChI=1S/C29H27N3O4S/c1-3-19-12-14-21(15-13-19)31-24(33)18-37-28-22(17-30)25(23-11-8-16-36-23)26(29(34)35-4-2)27(32-28)20-9-6-5-7-10-20/h5-16,25,32H,3-4,18H2,1-2H3,(H,31,33)/t25-/m1/s1. The average Bonchev–Trinajstić information content (AvgIpc) is 3.47.